The average molecular weight is 504 g/mol. The minimum Gasteiger partial charge on any atom is -0.168 e. The number of hydrogen-bond donors (Lipinski definition) is 0. The smallest absolute Gasteiger partial charge is 0.168 e. The predicted octanol–water partition coefficient (Wildman–Crippen LogP) is 8.59. The van der Waals surface area contributed by atoms with E-state index in [0.29, 0.717) is 0 Å². The molecule has 160 valence electrons. The Morgan fingerprint density at radius 3 is 1.15 bits per heavy atom. The zero-order valence-electron chi connectivity index (χ0n) is 18.8. The largest absolute Gasteiger partial charge is 2.00 e. The van der Waals surface area contributed by atoms with Gasteiger partial charge in [0.05, 0.1) is 0 Å². The van der Waals surface area contributed by atoms with Gasteiger partial charge < -0.3 is 0 Å². The van der Waals surface area contributed by atoms with Crippen LogP contribution in [-0.4, -0.2) is 0 Å². The molecule has 6 aromatic carbocycles. The van der Waals surface area contributed by atoms with Gasteiger partial charge in [-0.3, -0.25) is 0 Å². The van der Waals surface area contributed by atoms with E-state index >= 15 is 0 Å². The standard InChI is InChI=1S/C14H14.2C9H7.Zr/c1-3-7-13(8-4-1)11-12-14-9-5-2-6-10-14;2*1-2-5-9-7-3-6-8(9)4-1;/h1-10H,11-12H2;2*1-7H;/q;2*-1;+2. The molecule has 33 heavy (non-hydrogen) atoms. The van der Waals surface area contributed by atoms with Crippen LogP contribution in [0.2, 0.25) is 0 Å². The first-order valence-electron chi connectivity index (χ1n) is 11.2. The second-order valence-electron chi connectivity index (χ2n) is 7.78. The Balaban J connectivity index is 0.000000142. The molecule has 0 aliphatic rings. The van der Waals surface area contributed by atoms with Crippen LogP contribution in [0.15, 0.2) is 146 Å². The van der Waals surface area contributed by atoms with Gasteiger partial charge in [-0.15, -0.1) is 59.3 Å². The summed E-state index contributed by atoms with van der Waals surface area (Å²) in [4.78, 5) is 0. The average Bonchev–Trinajstić information content (AvgIpc) is 3.54. The SMILES string of the molecule is [Zr+2].c1ccc(CCc2ccccc2)cc1.c1ccc2[cH-]ccc2c1.c1ccc2[cH-]ccc2c1. The zero-order valence-corrected chi connectivity index (χ0v) is 21.2. The molecule has 0 radical (unpaired) electrons. The van der Waals surface area contributed by atoms with Gasteiger partial charge in [0.15, 0.2) is 0 Å². The van der Waals surface area contributed by atoms with E-state index in [1.807, 2.05) is 0 Å². The molecule has 0 aliphatic heterocycles. The van der Waals surface area contributed by atoms with Crippen molar-refractivity contribution in [3.05, 3.63) is 157 Å². The first-order valence-corrected chi connectivity index (χ1v) is 11.2. The van der Waals surface area contributed by atoms with E-state index < -0.39 is 0 Å². The molecule has 0 saturated carbocycles. The van der Waals surface area contributed by atoms with Crippen molar-refractivity contribution in [3.8, 4) is 0 Å². The fourth-order valence-electron chi connectivity index (χ4n) is 3.72. The van der Waals surface area contributed by atoms with Gasteiger partial charge in [-0.1, -0.05) is 72.8 Å². The van der Waals surface area contributed by atoms with Crippen molar-refractivity contribution < 1.29 is 26.2 Å². The summed E-state index contributed by atoms with van der Waals surface area (Å²) in [5.41, 5.74) is 2.83. The van der Waals surface area contributed by atoms with Crippen molar-refractivity contribution >= 4 is 21.5 Å². The topological polar surface area (TPSA) is 0 Å². The number of fused-ring (bicyclic) bond motifs is 2. The normalized spacial score (nSPS) is 9.82. The van der Waals surface area contributed by atoms with Crippen molar-refractivity contribution in [1.82, 2.24) is 0 Å². The maximum Gasteiger partial charge on any atom is 2.00 e. The van der Waals surface area contributed by atoms with Gasteiger partial charge in [0, 0.05) is 0 Å². The molecule has 6 rings (SSSR count). The van der Waals surface area contributed by atoms with E-state index in [1.165, 1.54) is 32.7 Å². The summed E-state index contributed by atoms with van der Waals surface area (Å²) in [5, 5.41) is 5.32. The van der Waals surface area contributed by atoms with Crippen LogP contribution in [0.4, 0.5) is 0 Å². The molecule has 0 N–H and O–H groups in total. The first kappa shape index (κ1) is 24.6. The van der Waals surface area contributed by atoms with E-state index in [4.69, 9.17) is 0 Å². The Bertz CT molecular complexity index is 1140. The number of benzene rings is 4. The molecular weight excluding hydrogens is 476 g/mol. The first-order chi connectivity index (χ1) is 15.9. The van der Waals surface area contributed by atoms with Crippen LogP contribution < -0.4 is 0 Å². The molecule has 0 heterocycles. The fraction of sp³-hybridized carbons (Fsp3) is 0.0625. The Kier molecular flexibility index (Phi) is 10.1. The molecule has 0 fully saturated rings. The van der Waals surface area contributed by atoms with Gasteiger partial charge in [-0.05, 0) is 24.0 Å². The molecule has 0 aliphatic carbocycles. The van der Waals surface area contributed by atoms with Crippen LogP contribution in [0.1, 0.15) is 11.1 Å². The quantitative estimate of drug-likeness (QED) is 0.212. The molecule has 0 aromatic heterocycles. The molecule has 6 aromatic rings. The maximum atomic E-state index is 2.18. The fourth-order valence-corrected chi connectivity index (χ4v) is 3.72. The van der Waals surface area contributed by atoms with E-state index in [1.54, 1.807) is 0 Å². The molecular formula is C32H28Zr. The zero-order chi connectivity index (χ0) is 21.8. The predicted molar refractivity (Wildman–Crippen MR) is 139 cm³/mol. The summed E-state index contributed by atoms with van der Waals surface area (Å²) in [5.74, 6) is 0. The van der Waals surface area contributed by atoms with Gasteiger partial charge in [-0.2, -0.15) is 35.0 Å². The van der Waals surface area contributed by atoms with E-state index in [9.17, 15) is 0 Å². The van der Waals surface area contributed by atoms with Gasteiger partial charge in [0.25, 0.3) is 0 Å². The molecule has 0 amide bonds. The van der Waals surface area contributed by atoms with Gasteiger partial charge in [0.2, 0.25) is 0 Å². The molecule has 1 heteroatoms. The number of aryl methyl sites for hydroxylation is 2. The molecule has 0 unspecified atom stereocenters. The summed E-state index contributed by atoms with van der Waals surface area (Å²) >= 11 is 0. The number of hydrogen-bond acceptors (Lipinski definition) is 0. The maximum absolute atomic E-state index is 2.18. The molecule has 0 bridgehead atoms. The van der Waals surface area contributed by atoms with Gasteiger partial charge in [-0.25, -0.2) is 0 Å². The molecule has 0 saturated heterocycles. The third-order valence-corrected chi connectivity index (χ3v) is 5.48. The molecule has 0 spiro atoms. The molecule has 0 atom stereocenters. The summed E-state index contributed by atoms with van der Waals surface area (Å²) in [6, 6.07) is 50.6. The van der Waals surface area contributed by atoms with E-state index in [0.717, 1.165) is 12.8 Å². The van der Waals surface area contributed by atoms with Gasteiger partial charge in [0.1, 0.15) is 0 Å². The number of rotatable bonds is 3. The third-order valence-electron chi connectivity index (χ3n) is 5.48. The van der Waals surface area contributed by atoms with E-state index in [2.05, 4.69) is 146 Å². The van der Waals surface area contributed by atoms with Crippen molar-refractivity contribution in [2.24, 2.45) is 0 Å². The minimum absolute atomic E-state index is 0. The van der Waals surface area contributed by atoms with Crippen LogP contribution in [0, 0.1) is 0 Å². The second kappa shape index (κ2) is 13.5. The molecule has 0 nitrogen and oxygen atoms in total. The van der Waals surface area contributed by atoms with Gasteiger partial charge >= 0.3 is 26.2 Å². The summed E-state index contributed by atoms with van der Waals surface area (Å²) in [7, 11) is 0. The van der Waals surface area contributed by atoms with Crippen LogP contribution in [0.5, 0.6) is 0 Å². The van der Waals surface area contributed by atoms with Crippen molar-refractivity contribution in [2.45, 2.75) is 12.8 Å². The van der Waals surface area contributed by atoms with E-state index in [-0.39, 0.29) is 26.2 Å². The van der Waals surface area contributed by atoms with Crippen molar-refractivity contribution in [2.75, 3.05) is 0 Å². The minimum atomic E-state index is 0. The van der Waals surface area contributed by atoms with Crippen molar-refractivity contribution in [1.29, 1.82) is 0 Å². The summed E-state index contributed by atoms with van der Waals surface area (Å²) in [6.07, 6.45) is 2.26. The van der Waals surface area contributed by atoms with Crippen LogP contribution in [-0.2, 0) is 39.0 Å². The Morgan fingerprint density at radius 2 is 0.758 bits per heavy atom. The summed E-state index contributed by atoms with van der Waals surface area (Å²) < 4.78 is 0. The Hall–Kier alpha value is -3.02. The van der Waals surface area contributed by atoms with Crippen molar-refractivity contribution in [3.63, 3.8) is 0 Å². The van der Waals surface area contributed by atoms with Crippen LogP contribution in [0.3, 0.4) is 0 Å². The van der Waals surface area contributed by atoms with Crippen LogP contribution in [0.25, 0.3) is 21.5 Å². The summed E-state index contributed by atoms with van der Waals surface area (Å²) in [6.45, 7) is 0. The monoisotopic (exact) mass is 502 g/mol. The second-order valence-corrected chi connectivity index (χ2v) is 7.78. The Morgan fingerprint density at radius 1 is 0.394 bits per heavy atom. The Labute approximate surface area is 216 Å². The third kappa shape index (κ3) is 7.81. The van der Waals surface area contributed by atoms with Crippen LogP contribution >= 0.6 is 0 Å².